The number of hydrogen-bond acceptors (Lipinski definition) is 3. The van der Waals surface area contributed by atoms with Gasteiger partial charge in [-0.15, -0.1) is 0 Å². The Balaban J connectivity index is 1.84. The first kappa shape index (κ1) is 22.8. The van der Waals surface area contributed by atoms with E-state index in [-0.39, 0.29) is 24.3 Å². The number of nitrogens with one attached hydrogen (secondary N) is 1. The molecule has 1 N–H and O–H groups in total. The zero-order chi connectivity index (χ0) is 23.0. The van der Waals surface area contributed by atoms with E-state index >= 15 is 0 Å². The molecule has 1 heterocycles. The van der Waals surface area contributed by atoms with Gasteiger partial charge in [0.05, 0.1) is 17.2 Å². The van der Waals surface area contributed by atoms with Crippen LogP contribution in [0.2, 0.25) is 0 Å². The van der Waals surface area contributed by atoms with E-state index in [0.717, 1.165) is 30.3 Å². The Kier molecular flexibility index (Phi) is 6.14. The first-order valence-electron chi connectivity index (χ1n) is 8.92. The average molecular weight is 450 g/mol. The Morgan fingerprint density at radius 1 is 1.00 bits per heavy atom. The van der Waals surface area contributed by atoms with E-state index in [4.69, 9.17) is 10.00 Å². The minimum Gasteiger partial charge on any atom is -0.492 e. The Labute approximate surface area is 171 Å². The molecule has 3 nitrogen and oxygen atoms in total. The zero-order valence-corrected chi connectivity index (χ0v) is 15.5. The van der Waals surface area contributed by atoms with Gasteiger partial charge in [-0.05, 0) is 36.2 Å². The van der Waals surface area contributed by atoms with E-state index in [0.29, 0.717) is 6.07 Å². The molecule has 0 amide bonds. The Morgan fingerprint density at radius 2 is 1.71 bits per heavy atom. The summed E-state index contributed by atoms with van der Waals surface area (Å²) in [6.45, 7) is -0.351. The summed E-state index contributed by atoms with van der Waals surface area (Å²) >= 11 is 0. The van der Waals surface area contributed by atoms with E-state index < -0.39 is 53.1 Å². The lowest BCUT2D eigenvalue weighted by molar-refractivity contribution is -0.156. The van der Waals surface area contributed by atoms with Crippen LogP contribution >= 0.6 is 0 Å². The second-order valence-corrected chi connectivity index (χ2v) is 7.03. The van der Waals surface area contributed by atoms with Gasteiger partial charge in [-0.3, -0.25) is 5.32 Å². The third-order valence-electron chi connectivity index (χ3n) is 4.95. The van der Waals surface area contributed by atoms with E-state index in [1.807, 2.05) is 0 Å². The topological polar surface area (TPSA) is 45.0 Å². The third-order valence-corrected chi connectivity index (χ3v) is 4.95. The van der Waals surface area contributed by atoms with Crippen LogP contribution in [0.25, 0.3) is 0 Å². The number of benzene rings is 2. The van der Waals surface area contributed by atoms with Crippen molar-refractivity contribution >= 4 is 0 Å². The smallest absolute Gasteiger partial charge is 0.417 e. The van der Waals surface area contributed by atoms with E-state index in [1.165, 1.54) is 6.07 Å². The second kappa shape index (κ2) is 8.34. The fourth-order valence-electron chi connectivity index (χ4n) is 3.54. The molecule has 31 heavy (non-hydrogen) atoms. The molecule has 0 spiro atoms. The van der Waals surface area contributed by atoms with Crippen LogP contribution in [0.4, 0.5) is 35.1 Å². The highest BCUT2D eigenvalue weighted by atomic mass is 19.4. The van der Waals surface area contributed by atoms with Crippen molar-refractivity contribution in [2.24, 2.45) is 0 Å². The second-order valence-electron chi connectivity index (χ2n) is 7.03. The SMILES string of the molecule is N#Cc1ccc(C2CC(COc3ccc(F)c(F)c3)NC2C(F)(F)F)cc1C(F)(F)F. The summed E-state index contributed by atoms with van der Waals surface area (Å²) in [7, 11) is 0. The maximum absolute atomic E-state index is 13.5. The van der Waals surface area contributed by atoms with E-state index in [2.05, 4.69) is 5.32 Å². The van der Waals surface area contributed by atoms with Crippen LogP contribution in [0.15, 0.2) is 36.4 Å². The molecule has 11 heteroatoms. The van der Waals surface area contributed by atoms with Gasteiger partial charge in [0.15, 0.2) is 11.6 Å². The van der Waals surface area contributed by atoms with Crippen LogP contribution in [0, 0.1) is 23.0 Å². The van der Waals surface area contributed by atoms with Crippen LogP contribution in [0.5, 0.6) is 5.75 Å². The molecule has 3 rings (SSSR count). The number of rotatable bonds is 4. The standard InChI is InChI=1S/C20H14F8N2O/c21-16-4-3-13(7-17(16)22)31-9-12-6-14(18(30-12)20(26,27)28)10-1-2-11(8-29)15(5-10)19(23,24)25/h1-5,7,12,14,18,30H,6,9H2. The molecule has 0 saturated carbocycles. The van der Waals surface area contributed by atoms with Gasteiger partial charge in [0.1, 0.15) is 18.4 Å². The highest BCUT2D eigenvalue weighted by Crippen LogP contribution is 2.42. The van der Waals surface area contributed by atoms with Crippen molar-refractivity contribution in [1.82, 2.24) is 5.32 Å². The van der Waals surface area contributed by atoms with Crippen molar-refractivity contribution in [2.45, 2.75) is 36.8 Å². The zero-order valence-electron chi connectivity index (χ0n) is 15.5. The molecule has 166 valence electrons. The van der Waals surface area contributed by atoms with Crippen LogP contribution < -0.4 is 10.1 Å². The molecule has 3 atom stereocenters. The molecule has 0 bridgehead atoms. The summed E-state index contributed by atoms with van der Waals surface area (Å²) in [5, 5.41) is 11.2. The lowest BCUT2D eigenvalue weighted by Crippen LogP contribution is -2.44. The normalized spacial score (nSPS) is 21.7. The molecule has 0 aliphatic carbocycles. The Bertz CT molecular complexity index is 996. The molecule has 1 saturated heterocycles. The number of alkyl halides is 6. The van der Waals surface area contributed by atoms with Gasteiger partial charge in [0.2, 0.25) is 0 Å². The number of hydrogen-bond donors (Lipinski definition) is 1. The van der Waals surface area contributed by atoms with Gasteiger partial charge < -0.3 is 4.74 Å². The van der Waals surface area contributed by atoms with Gasteiger partial charge in [-0.1, -0.05) is 6.07 Å². The molecule has 0 aromatic heterocycles. The van der Waals surface area contributed by atoms with Crippen LogP contribution in [-0.4, -0.2) is 24.9 Å². The molecule has 1 aliphatic rings. The van der Waals surface area contributed by atoms with Gasteiger partial charge in [0.25, 0.3) is 0 Å². The summed E-state index contributed by atoms with van der Waals surface area (Å²) in [5.74, 6) is -3.79. The summed E-state index contributed by atoms with van der Waals surface area (Å²) < 4.78 is 112. The third kappa shape index (κ3) is 5.07. The first-order valence-corrected chi connectivity index (χ1v) is 8.92. The number of nitrogens with zero attached hydrogens (tertiary/aromatic N) is 1. The summed E-state index contributed by atoms with van der Waals surface area (Å²) in [4.78, 5) is 0. The Hall–Kier alpha value is -2.87. The van der Waals surface area contributed by atoms with Gasteiger partial charge in [-0.25, -0.2) is 8.78 Å². The summed E-state index contributed by atoms with van der Waals surface area (Å²) in [6.07, 6.45) is -9.90. The predicted molar refractivity (Wildman–Crippen MR) is 92.1 cm³/mol. The van der Waals surface area contributed by atoms with Crippen molar-refractivity contribution in [1.29, 1.82) is 5.26 Å². The molecule has 1 fully saturated rings. The lowest BCUT2D eigenvalue weighted by Gasteiger charge is -2.23. The van der Waals surface area contributed by atoms with E-state index in [1.54, 1.807) is 0 Å². The predicted octanol–water partition coefficient (Wildman–Crippen LogP) is 5.31. The summed E-state index contributed by atoms with van der Waals surface area (Å²) in [5.41, 5.74) is -2.23. The largest absolute Gasteiger partial charge is 0.492 e. The van der Waals surface area contributed by atoms with Crippen LogP contribution in [0.1, 0.15) is 29.0 Å². The van der Waals surface area contributed by atoms with Crippen molar-refractivity contribution in [3.05, 3.63) is 64.7 Å². The van der Waals surface area contributed by atoms with Crippen LogP contribution in [-0.2, 0) is 6.18 Å². The molecule has 2 aromatic carbocycles. The first-order chi connectivity index (χ1) is 14.4. The maximum atomic E-state index is 13.5. The summed E-state index contributed by atoms with van der Waals surface area (Å²) in [6, 6.07) is 3.41. The van der Waals surface area contributed by atoms with E-state index in [9.17, 15) is 35.1 Å². The maximum Gasteiger partial charge on any atom is 0.417 e. The lowest BCUT2D eigenvalue weighted by atomic mass is 9.88. The number of ether oxygens (including phenoxy) is 1. The number of halogens is 8. The quantitative estimate of drug-likeness (QED) is 0.643. The van der Waals surface area contributed by atoms with Gasteiger partial charge in [-0.2, -0.15) is 31.6 Å². The minimum atomic E-state index is -4.91. The van der Waals surface area contributed by atoms with Crippen molar-refractivity contribution in [2.75, 3.05) is 6.61 Å². The molecule has 1 aliphatic heterocycles. The highest BCUT2D eigenvalue weighted by molar-refractivity contribution is 5.43. The minimum absolute atomic E-state index is 0.106. The molecule has 0 radical (unpaired) electrons. The van der Waals surface area contributed by atoms with Crippen LogP contribution in [0.3, 0.4) is 0 Å². The van der Waals surface area contributed by atoms with Crippen molar-refractivity contribution < 1.29 is 39.9 Å². The van der Waals surface area contributed by atoms with Crippen molar-refractivity contribution in [3.8, 4) is 11.8 Å². The highest BCUT2D eigenvalue weighted by Gasteiger charge is 2.51. The molecule has 2 aromatic rings. The Morgan fingerprint density at radius 3 is 2.29 bits per heavy atom. The average Bonchev–Trinajstić information content (AvgIpc) is 3.12. The molecular weight excluding hydrogens is 436 g/mol. The van der Waals surface area contributed by atoms with Crippen molar-refractivity contribution in [3.63, 3.8) is 0 Å². The monoisotopic (exact) mass is 450 g/mol. The van der Waals surface area contributed by atoms with Gasteiger partial charge >= 0.3 is 12.4 Å². The van der Waals surface area contributed by atoms with Gasteiger partial charge in [0, 0.05) is 18.0 Å². The molecule has 3 unspecified atom stereocenters. The fraction of sp³-hybridized carbons (Fsp3) is 0.350. The fourth-order valence-corrected chi connectivity index (χ4v) is 3.54. The molecular formula is C20H14F8N2O. The number of nitriles is 1.